The number of rotatable bonds is 6. The van der Waals surface area contributed by atoms with Gasteiger partial charge in [0.05, 0.1) is 11.6 Å². The van der Waals surface area contributed by atoms with E-state index in [1.807, 2.05) is 12.1 Å². The molecule has 0 radical (unpaired) electrons. The van der Waals surface area contributed by atoms with Gasteiger partial charge < -0.3 is 9.80 Å². The van der Waals surface area contributed by atoms with Crippen molar-refractivity contribution < 1.29 is 0 Å². The van der Waals surface area contributed by atoms with Crippen LogP contribution in [0, 0.1) is 11.3 Å². The molecule has 1 fully saturated rings. The molecule has 3 rings (SSSR count). The van der Waals surface area contributed by atoms with Crippen LogP contribution in [0.5, 0.6) is 0 Å². The Morgan fingerprint density at radius 1 is 1.07 bits per heavy atom. The minimum atomic E-state index is 0.148. The second-order valence-corrected chi connectivity index (χ2v) is 9.18. The van der Waals surface area contributed by atoms with E-state index < -0.39 is 0 Å². The molecule has 1 saturated heterocycles. The number of nitrogens with zero attached hydrogens (tertiary/aromatic N) is 4. The van der Waals surface area contributed by atoms with Crippen LogP contribution < -0.4 is 9.80 Å². The molecule has 0 aromatic heterocycles. The van der Waals surface area contributed by atoms with E-state index in [0.717, 1.165) is 49.5 Å². The lowest BCUT2D eigenvalue weighted by molar-refractivity contribution is 0.284. The predicted molar refractivity (Wildman–Crippen MR) is 127 cm³/mol. The standard InChI is InChI=1S/C26H34N4/c1-6-13-29-14-16-30(17-15-29)25-10-7-21(19-27)22(18-25)20-28(5)24-11-8-23(9-12-24)26(2,3)4/h6-12,18H,1,13-17,20H2,2-5H3. The summed E-state index contributed by atoms with van der Waals surface area (Å²) >= 11 is 0. The summed E-state index contributed by atoms with van der Waals surface area (Å²) in [7, 11) is 2.09. The molecule has 0 amide bonds. The van der Waals surface area contributed by atoms with Crippen molar-refractivity contribution in [3.8, 4) is 6.07 Å². The van der Waals surface area contributed by atoms with E-state index in [1.165, 1.54) is 11.3 Å². The Labute approximate surface area is 182 Å². The van der Waals surface area contributed by atoms with Crippen LogP contribution >= 0.6 is 0 Å². The summed E-state index contributed by atoms with van der Waals surface area (Å²) in [5.41, 5.74) is 5.67. The predicted octanol–water partition coefficient (Wildman–Crippen LogP) is 4.80. The molecule has 0 aliphatic carbocycles. The van der Waals surface area contributed by atoms with Gasteiger partial charge >= 0.3 is 0 Å². The van der Waals surface area contributed by atoms with E-state index in [4.69, 9.17) is 0 Å². The van der Waals surface area contributed by atoms with Crippen LogP contribution in [-0.2, 0) is 12.0 Å². The number of hydrogen-bond donors (Lipinski definition) is 0. The molecule has 1 heterocycles. The van der Waals surface area contributed by atoms with Gasteiger partial charge in [0.1, 0.15) is 0 Å². The fourth-order valence-corrected chi connectivity index (χ4v) is 3.95. The van der Waals surface area contributed by atoms with Crippen molar-refractivity contribution in [1.82, 2.24) is 4.90 Å². The highest BCUT2D eigenvalue weighted by molar-refractivity contribution is 5.56. The summed E-state index contributed by atoms with van der Waals surface area (Å²) in [4.78, 5) is 7.06. The van der Waals surface area contributed by atoms with Crippen molar-refractivity contribution in [2.45, 2.75) is 32.7 Å². The van der Waals surface area contributed by atoms with Crippen molar-refractivity contribution in [2.75, 3.05) is 49.6 Å². The molecule has 0 unspecified atom stereocenters. The SMILES string of the molecule is C=CCN1CCN(c2ccc(C#N)c(CN(C)c3ccc(C(C)(C)C)cc3)c2)CC1. The average Bonchev–Trinajstić information content (AvgIpc) is 2.74. The van der Waals surface area contributed by atoms with E-state index in [0.29, 0.717) is 6.54 Å². The second-order valence-electron chi connectivity index (χ2n) is 9.18. The van der Waals surface area contributed by atoms with Crippen molar-refractivity contribution in [2.24, 2.45) is 0 Å². The van der Waals surface area contributed by atoms with Crippen molar-refractivity contribution >= 4 is 11.4 Å². The van der Waals surface area contributed by atoms with Gasteiger partial charge in [-0.1, -0.05) is 39.0 Å². The van der Waals surface area contributed by atoms with Crippen LogP contribution in [0.1, 0.15) is 37.5 Å². The first-order valence-corrected chi connectivity index (χ1v) is 10.7. The molecule has 4 nitrogen and oxygen atoms in total. The lowest BCUT2D eigenvalue weighted by Crippen LogP contribution is -2.46. The summed E-state index contributed by atoms with van der Waals surface area (Å²) in [6.07, 6.45) is 1.97. The van der Waals surface area contributed by atoms with Gasteiger partial charge in [-0.2, -0.15) is 5.26 Å². The first kappa shape index (κ1) is 21.9. The zero-order valence-electron chi connectivity index (χ0n) is 18.9. The fraction of sp³-hybridized carbons (Fsp3) is 0.423. The molecule has 0 atom stereocenters. The first-order valence-electron chi connectivity index (χ1n) is 10.7. The number of anilines is 2. The number of piperazine rings is 1. The van der Waals surface area contributed by atoms with Gasteiger partial charge in [-0.05, 0) is 46.9 Å². The maximum Gasteiger partial charge on any atom is 0.0995 e. The van der Waals surface area contributed by atoms with Gasteiger partial charge in [0.2, 0.25) is 0 Å². The Hall–Kier alpha value is -2.77. The van der Waals surface area contributed by atoms with Gasteiger partial charge in [-0.25, -0.2) is 0 Å². The van der Waals surface area contributed by atoms with Crippen LogP contribution in [0.15, 0.2) is 55.1 Å². The van der Waals surface area contributed by atoms with E-state index in [-0.39, 0.29) is 5.41 Å². The Kier molecular flexibility index (Phi) is 6.84. The molecule has 1 aliphatic rings. The molecular formula is C26H34N4. The van der Waals surface area contributed by atoms with Crippen LogP contribution in [-0.4, -0.2) is 44.7 Å². The third kappa shape index (κ3) is 5.23. The third-order valence-electron chi connectivity index (χ3n) is 5.92. The van der Waals surface area contributed by atoms with Gasteiger partial charge in [0.25, 0.3) is 0 Å². The summed E-state index contributed by atoms with van der Waals surface area (Å²) in [5.74, 6) is 0. The van der Waals surface area contributed by atoms with Crippen LogP contribution in [0.3, 0.4) is 0 Å². The molecule has 0 bridgehead atoms. The topological polar surface area (TPSA) is 33.5 Å². The van der Waals surface area contributed by atoms with Crippen LogP contribution in [0.2, 0.25) is 0 Å². The van der Waals surface area contributed by atoms with Crippen LogP contribution in [0.25, 0.3) is 0 Å². The average molecular weight is 403 g/mol. The molecule has 1 aliphatic heterocycles. The Morgan fingerprint density at radius 2 is 1.73 bits per heavy atom. The highest BCUT2D eigenvalue weighted by atomic mass is 15.3. The van der Waals surface area contributed by atoms with Crippen molar-refractivity contribution in [3.63, 3.8) is 0 Å². The smallest absolute Gasteiger partial charge is 0.0995 e. The summed E-state index contributed by atoms with van der Waals surface area (Å²) in [5, 5.41) is 9.62. The minimum absolute atomic E-state index is 0.148. The zero-order valence-corrected chi connectivity index (χ0v) is 18.9. The number of benzene rings is 2. The van der Waals surface area contributed by atoms with E-state index >= 15 is 0 Å². The maximum absolute atomic E-state index is 9.62. The molecule has 2 aromatic rings. The number of nitriles is 1. The van der Waals surface area contributed by atoms with Gasteiger partial charge in [-0.15, -0.1) is 6.58 Å². The highest BCUT2D eigenvalue weighted by Crippen LogP contribution is 2.27. The lowest BCUT2D eigenvalue weighted by Gasteiger charge is -2.36. The molecule has 4 heteroatoms. The molecule has 0 N–H and O–H groups in total. The fourth-order valence-electron chi connectivity index (χ4n) is 3.95. The van der Waals surface area contributed by atoms with E-state index in [2.05, 4.69) is 91.6 Å². The molecule has 0 spiro atoms. The molecule has 30 heavy (non-hydrogen) atoms. The Morgan fingerprint density at radius 3 is 2.30 bits per heavy atom. The monoisotopic (exact) mass is 402 g/mol. The van der Waals surface area contributed by atoms with Crippen LogP contribution in [0.4, 0.5) is 11.4 Å². The summed E-state index contributed by atoms with van der Waals surface area (Å²) < 4.78 is 0. The second kappa shape index (κ2) is 9.36. The van der Waals surface area contributed by atoms with Gasteiger partial charge in [-0.3, -0.25) is 4.90 Å². The minimum Gasteiger partial charge on any atom is -0.370 e. The van der Waals surface area contributed by atoms with Crippen molar-refractivity contribution in [1.29, 1.82) is 5.26 Å². The quantitative estimate of drug-likeness (QED) is 0.650. The van der Waals surface area contributed by atoms with Gasteiger partial charge in [0, 0.05) is 57.7 Å². The van der Waals surface area contributed by atoms with Gasteiger partial charge in [0.15, 0.2) is 0 Å². The molecular weight excluding hydrogens is 368 g/mol. The van der Waals surface area contributed by atoms with E-state index in [9.17, 15) is 5.26 Å². The van der Waals surface area contributed by atoms with Crippen molar-refractivity contribution in [3.05, 3.63) is 71.8 Å². The Balaban J connectivity index is 1.74. The zero-order chi connectivity index (χ0) is 21.7. The first-order chi connectivity index (χ1) is 14.3. The molecule has 0 saturated carbocycles. The largest absolute Gasteiger partial charge is 0.370 e. The van der Waals surface area contributed by atoms with E-state index in [1.54, 1.807) is 0 Å². The third-order valence-corrected chi connectivity index (χ3v) is 5.92. The molecule has 2 aromatic carbocycles. The normalized spacial score (nSPS) is 15.0. The number of hydrogen-bond acceptors (Lipinski definition) is 4. The summed E-state index contributed by atoms with van der Waals surface area (Å²) in [6, 6.07) is 17.4. The highest BCUT2D eigenvalue weighted by Gasteiger charge is 2.18. The summed E-state index contributed by atoms with van der Waals surface area (Å²) in [6.45, 7) is 16.3. The molecule has 158 valence electrons. The Bertz CT molecular complexity index is 894. The lowest BCUT2D eigenvalue weighted by atomic mass is 9.87. The maximum atomic E-state index is 9.62.